The second kappa shape index (κ2) is 13.7. The number of rotatable bonds is 9. The van der Waals surface area contributed by atoms with Crippen molar-refractivity contribution in [2.45, 2.75) is 53.7 Å². The number of allylic oxidation sites excluding steroid dienone is 1. The van der Waals surface area contributed by atoms with Crippen molar-refractivity contribution in [2.24, 2.45) is 0 Å². The Bertz CT molecular complexity index is 1340. The summed E-state index contributed by atoms with van der Waals surface area (Å²) in [5.74, 6) is -1.79. The van der Waals surface area contributed by atoms with Crippen molar-refractivity contribution >= 4 is 11.3 Å². The summed E-state index contributed by atoms with van der Waals surface area (Å²) >= 11 is 0. The van der Waals surface area contributed by atoms with Crippen molar-refractivity contribution in [2.75, 3.05) is 11.4 Å². The molecule has 0 spiro atoms. The van der Waals surface area contributed by atoms with E-state index >= 15 is 0 Å². The molecule has 2 heterocycles. The maximum atomic E-state index is 11.0. The van der Waals surface area contributed by atoms with E-state index < -0.39 is 5.92 Å². The molecule has 0 N–H and O–H groups in total. The number of ether oxygens (including phenoxy) is 1. The van der Waals surface area contributed by atoms with Crippen LogP contribution in [0.5, 0.6) is 5.75 Å². The summed E-state index contributed by atoms with van der Waals surface area (Å²) in [7, 11) is 0. The number of benzene rings is 2. The third kappa shape index (κ3) is 9.97. The molecule has 0 saturated heterocycles. The fourth-order valence-electron chi connectivity index (χ4n) is 3.75. The predicted molar refractivity (Wildman–Crippen MR) is 157 cm³/mol. The van der Waals surface area contributed by atoms with Crippen molar-refractivity contribution in [1.82, 2.24) is 9.97 Å². The third-order valence-corrected chi connectivity index (χ3v) is 5.80. The highest BCUT2D eigenvalue weighted by Gasteiger charge is 2.09. The minimum Gasteiger partial charge on any atom is -0.486 e. The van der Waals surface area contributed by atoms with Gasteiger partial charge >= 0.3 is 0 Å². The number of alkyl halides is 2. The number of nitrogens with zero attached hydrogens (tertiary/aromatic N) is 3. The van der Waals surface area contributed by atoms with Crippen LogP contribution in [0.3, 0.4) is 0 Å². The van der Waals surface area contributed by atoms with Crippen molar-refractivity contribution in [3.05, 3.63) is 114 Å². The predicted octanol–water partition coefficient (Wildman–Crippen LogP) is 8.75. The summed E-state index contributed by atoms with van der Waals surface area (Å²) in [6.45, 7) is 14.2. The van der Waals surface area contributed by atoms with Crippen molar-refractivity contribution in [1.29, 1.82) is 0 Å². The van der Waals surface area contributed by atoms with E-state index in [-0.39, 0.29) is 0 Å². The number of pyridine rings is 2. The Kier molecular flexibility index (Phi) is 10.3. The maximum absolute atomic E-state index is 11.0. The van der Waals surface area contributed by atoms with Gasteiger partial charge in [0.25, 0.3) is 0 Å². The second-order valence-electron chi connectivity index (χ2n) is 9.87. The normalized spacial score (nSPS) is 10.8. The van der Waals surface area contributed by atoms with E-state index in [4.69, 9.17) is 9.72 Å². The van der Waals surface area contributed by atoms with E-state index in [9.17, 15) is 8.78 Å². The number of aryl methyl sites for hydroxylation is 1. The zero-order valence-corrected chi connectivity index (χ0v) is 23.4. The fourth-order valence-corrected chi connectivity index (χ4v) is 3.75. The van der Waals surface area contributed by atoms with E-state index in [1.165, 1.54) is 16.8 Å². The quantitative estimate of drug-likeness (QED) is 0.217. The van der Waals surface area contributed by atoms with Crippen LogP contribution in [0.15, 0.2) is 91.8 Å². The van der Waals surface area contributed by atoms with Gasteiger partial charge < -0.3 is 9.64 Å². The standard InChI is InChI=1S/C30H31N3O.C3H6F2/c1-5-33(28-15-9-23(4)10-16-28)20-24-11-13-25(14-12-24)30-8-6-7-27(32-30)21-34-29-17-26(22(2)3)18-31-19-29;1-3(2,4)5/h6-19H,2,5,20-21H2,1,3-4H3;1-2H3. The molecule has 4 aromatic rings. The Morgan fingerprint density at radius 1 is 0.974 bits per heavy atom. The van der Waals surface area contributed by atoms with Gasteiger partial charge in [-0.15, -0.1) is 0 Å². The Hall–Kier alpha value is -4.06. The summed E-state index contributed by atoms with van der Waals surface area (Å²) in [6.07, 6.45) is 3.50. The van der Waals surface area contributed by atoms with Gasteiger partial charge in [-0.25, -0.2) is 13.8 Å². The Morgan fingerprint density at radius 2 is 1.64 bits per heavy atom. The van der Waals surface area contributed by atoms with Crippen LogP contribution in [0.1, 0.15) is 50.1 Å². The summed E-state index contributed by atoms with van der Waals surface area (Å²) in [5, 5.41) is 0. The third-order valence-electron chi connectivity index (χ3n) is 5.80. The number of aromatic nitrogens is 2. The van der Waals surface area contributed by atoms with E-state index in [0.29, 0.717) is 12.4 Å². The molecule has 0 atom stereocenters. The molecular weight excluding hydrogens is 492 g/mol. The first-order valence-corrected chi connectivity index (χ1v) is 13.0. The van der Waals surface area contributed by atoms with Gasteiger partial charge in [-0.05, 0) is 81.7 Å². The molecule has 0 radical (unpaired) electrons. The van der Waals surface area contributed by atoms with Gasteiger partial charge in [0.15, 0.2) is 0 Å². The first-order valence-electron chi connectivity index (χ1n) is 13.0. The molecule has 204 valence electrons. The largest absolute Gasteiger partial charge is 0.486 e. The molecule has 0 aliphatic rings. The Balaban J connectivity index is 0.000000771. The molecule has 0 aliphatic heterocycles. The molecule has 0 aliphatic carbocycles. The van der Waals surface area contributed by atoms with E-state index in [0.717, 1.165) is 55.0 Å². The number of hydrogen-bond donors (Lipinski definition) is 0. The molecule has 0 saturated carbocycles. The lowest BCUT2D eigenvalue weighted by Crippen LogP contribution is -2.21. The first kappa shape index (κ1) is 29.5. The summed E-state index contributed by atoms with van der Waals surface area (Å²) in [4.78, 5) is 11.4. The molecule has 0 bridgehead atoms. The lowest BCUT2D eigenvalue weighted by atomic mass is 10.1. The molecule has 0 amide bonds. The van der Waals surface area contributed by atoms with Gasteiger partial charge in [-0.1, -0.05) is 54.6 Å². The van der Waals surface area contributed by atoms with Crippen LogP contribution in [-0.2, 0) is 13.2 Å². The van der Waals surface area contributed by atoms with Crippen LogP contribution in [0.2, 0.25) is 0 Å². The van der Waals surface area contributed by atoms with Crippen LogP contribution in [0.25, 0.3) is 16.8 Å². The molecule has 39 heavy (non-hydrogen) atoms. The molecule has 0 fully saturated rings. The summed E-state index contributed by atoms with van der Waals surface area (Å²) in [6, 6.07) is 25.4. The van der Waals surface area contributed by atoms with E-state index in [1.54, 1.807) is 12.4 Å². The highest BCUT2D eigenvalue weighted by Crippen LogP contribution is 2.22. The van der Waals surface area contributed by atoms with Gasteiger partial charge in [-0.2, -0.15) is 0 Å². The van der Waals surface area contributed by atoms with Gasteiger partial charge in [0.1, 0.15) is 12.4 Å². The lowest BCUT2D eigenvalue weighted by Gasteiger charge is -2.23. The molecular formula is C33H37F2N3O. The number of hydrogen-bond acceptors (Lipinski definition) is 4. The number of halogens is 2. The Labute approximate surface area is 231 Å². The smallest absolute Gasteiger partial charge is 0.242 e. The minimum atomic E-state index is -2.50. The fraction of sp³-hybridized carbons (Fsp3) is 0.273. The topological polar surface area (TPSA) is 38.2 Å². The summed E-state index contributed by atoms with van der Waals surface area (Å²) < 4.78 is 28.0. The lowest BCUT2D eigenvalue weighted by molar-refractivity contribution is 0.0437. The zero-order chi connectivity index (χ0) is 28.4. The first-order chi connectivity index (χ1) is 18.5. The van der Waals surface area contributed by atoms with E-state index in [1.807, 2.05) is 31.2 Å². The molecule has 6 heteroatoms. The van der Waals surface area contributed by atoms with Crippen LogP contribution in [-0.4, -0.2) is 22.4 Å². The van der Waals surface area contributed by atoms with Crippen molar-refractivity contribution in [3.63, 3.8) is 0 Å². The zero-order valence-electron chi connectivity index (χ0n) is 23.4. The second-order valence-corrected chi connectivity index (χ2v) is 9.87. The van der Waals surface area contributed by atoms with Crippen LogP contribution in [0.4, 0.5) is 14.5 Å². The van der Waals surface area contributed by atoms with Crippen LogP contribution in [0, 0.1) is 6.92 Å². The maximum Gasteiger partial charge on any atom is 0.242 e. The molecule has 4 nitrogen and oxygen atoms in total. The van der Waals surface area contributed by atoms with E-state index in [2.05, 4.69) is 78.8 Å². The average Bonchev–Trinajstić information content (AvgIpc) is 2.91. The molecule has 2 aromatic heterocycles. The molecule has 0 unspecified atom stereocenters. The van der Waals surface area contributed by atoms with Gasteiger partial charge in [0.2, 0.25) is 5.92 Å². The number of anilines is 1. The van der Waals surface area contributed by atoms with Gasteiger partial charge in [-0.3, -0.25) is 4.98 Å². The Morgan fingerprint density at radius 3 is 2.26 bits per heavy atom. The van der Waals surface area contributed by atoms with Crippen LogP contribution < -0.4 is 9.64 Å². The van der Waals surface area contributed by atoms with Gasteiger partial charge in [0, 0.05) is 30.5 Å². The van der Waals surface area contributed by atoms with Crippen LogP contribution >= 0.6 is 0 Å². The SMILES string of the molecule is C=C(C)c1cncc(OCc2cccc(-c3ccc(CN(CC)c4ccc(C)cc4)cc3)n2)c1.CC(C)(F)F. The van der Waals surface area contributed by atoms with Crippen molar-refractivity contribution in [3.8, 4) is 17.0 Å². The monoisotopic (exact) mass is 529 g/mol. The molecule has 2 aromatic carbocycles. The van der Waals surface area contributed by atoms with Gasteiger partial charge in [0.05, 0.1) is 17.6 Å². The highest BCUT2D eigenvalue weighted by molar-refractivity contribution is 5.61. The average molecular weight is 530 g/mol. The highest BCUT2D eigenvalue weighted by atomic mass is 19.3. The van der Waals surface area contributed by atoms with Crippen molar-refractivity contribution < 1.29 is 13.5 Å². The summed E-state index contributed by atoms with van der Waals surface area (Å²) in [5.41, 5.74) is 8.64. The minimum absolute atomic E-state index is 0.384. The molecule has 4 rings (SSSR count).